The zero-order valence-corrected chi connectivity index (χ0v) is 12.1. The van der Waals surface area contributed by atoms with Gasteiger partial charge in [0.2, 0.25) is 0 Å². The minimum Gasteiger partial charge on any atom is -0.384 e. The summed E-state index contributed by atoms with van der Waals surface area (Å²) < 4.78 is 0. The molecule has 1 aromatic carbocycles. The molecule has 1 aliphatic rings. The minimum absolute atomic E-state index is 0.181. The molecule has 5 nitrogen and oxygen atoms in total. The topological polar surface area (TPSA) is 69.6 Å². The van der Waals surface area contributed by atoms with Crippen molar-refractivity contribution < 1.29 is 14.7 Å². The van der Waals surface area contributed by atoms with Crippen molar-refractivity contribution in [1.82, 2.24) is 10.2 Å². The van der Waals surface area contributed by atoms with E-state index in [4.69, 9.17) is 5.11 Å². The number of aliphatic hydroxyl groups is 1. The fourth-order valence-electron chi connectivity index (χ4n) is 2.15. The second kappa shape index (κ2) is 5.98. The summed E-state index contributed by atoms with van der Waals surface area (Å²) in [4.78, 5) is 25.4. The highest BCUT2D eigenvalue weighted by atomic mass is 16.2. The Hall–Kier alpha value is -2.32. The van der Waals surface area contributed by atoms with Crippen LogP contribution in [0.15, 0.2) is 24.3 Å². The summed E-state index contributed by atoms with van der Waals surface area (Å²) in [5, 5.41) is 11.4. The van der Waals surface area contributed by atoms with Gasteiger partial charge in [-0.2, -0.15) is 0 Å². The first kappa shape index (κ1) is 15.1. The Morgan fingerprint density at radius 1 is 1.29 bits per heavy atom. The highest BCUT2D eigenvalue weighted by molar-refractivity contribution is 6.06. The average molecular weight is 286 g/mol. The van der Waals surface area contributed by atoms with Crippen LogP contribution in [0, 0.1) is 11.8 Å². The number of benzene rings is 1. The summed E-state index contributed by atoms with van der Waals surface area (Å²) in [6, 6.07) is 6.89. The van der Waals surface area contributed by atoms with Crippen molar-refractivity contribution in [3.05, 3.63) is 35.4 Å². The molecule has 1 fully saturated rings. The first-order valence-corrected chi connectivity index (χ1v) is 6.83. The van der Waals surface area contributed by atoms with E-state index in [1.165, 1.54) is 4.90 Å². The predicted molar refractivity (Wildman–Crippen MR) is 78.2 cm³/mol. The van der Waals surface area contributed by atoms with Gasteiger partial charge in [-0.25, -0.2) is 4.79 Å². The number of carbonyl (C=O) groups excluding carboxylic acids is 2. The molecule has 1 aromatic rings. The van der Waals surface area contributed by atoms with Gasteiger partial charge in [0.05, 0.1) is 6.54 Å². The van der Waals surface area contributed by atoms with Gasteiger partial charge in [0.15, 0.2) is 0 Å². The Morgan fingerprint density at radius 3 is 2.48 bits per heavy atom. The van der Waals surface area contributed by atoms with Gasteiger partial charge in [-0.05, 0) is 31.0 Å². The third-order valence-electron chi connectivity index (χ3n) is 3.66. The van der Waals surface area contributed by atoms with E-state index in [1.54, 1.807) is 19.1 Å². The van der Waals surface area contributed by atoms with E-state index in [-0.39, 0.29) is 25.1 Å². The zero-order valence-electron chi connectivity index (χ0n) is 12.1. The van der Waals surface area contributed by atoms with Gasteiger partial charge in [0.1, 0.15) is 12.1 Å². The smallest absolute Gasteiger partial charge is 0.325 e. The Kier molecular flexibility index (Phi) is 4.29. The van der Waals surface area contributed by atoms with Crippen molar-refractivity contribution in [3.8, 4) is 11.8 Å². The Balaban J connectivity index is 2.12. The van der Waals surface area contributed by atoms with Gasteiger partial charge in [-0.1, -0.05) is 30.9 Å². The molecule has 110 valence electrons. The number of nitrogens with zero attached hydrogens (tertiary/aromatic N) is 1. The monoisotopic (exact) mass is 286 g/mol. The van der Waals surface area contributed by atoms with Crippen molar-refractivity contribution in [2.75, 3.05) is 6.61 Å². The Labute approximate surface area is 124 Å². The Morgan fingerprint density at radius 2 is 1.95 bits per heavy atom. The summed E-state index contributed by atoms with van der Waals surface area (Å²) in [7, 11) is 0. The number of urea groups is 1. The van der Waals surface area contributed by atoms with E-state index in [9.17, 15) is 9.59 Å². The van der Waals surface area contributed by atoms with Gasteiger partial charge < -0.3 is 10.4 Å². The fourth-order valence-corrected chi connectivity index (χ4v) is 2.15. The van der Waals surface area contributed by atoms with Crippen LogP contribution in [0.5, 0.6) is 0 Å². The van der Waals surface area contributed by atoms with Crippen molar-refractivity contribution in [2.24, 2.45) is 0 Å². The van der Waals surface area contributed by atoms with Crippen LogP contribution >= 0.6 is 0 Å². The zero-order chi connectivity index (χ0) is 15.5. The molecule has 0 aromatic heterocycles. The number of hydrogen-bond donors (Lipinski definition) is 2. The summed E-state index contributed by atoms with van der Waals surface area (Å²) in [6.07, 6.45) is 0.559. The van der Waals surface area contributed by atoms with Crippen molar-refractivity contribution in [2.45, 2.75) is 32.4 Å². The molecule has 5 heteroatoms. The molecule has 1 aliphatic heterocycles. The minimum atomic E-state index is -0.802. The van der Waals surface area contributed by atoms with E-state index >= 15 is 0 Å². The second-order valence-electron chi connectivity index (χ2n) is 5.16. The number of hydrogen-bond acceptors (Lipinski definition) is 3. The highest BCUT2D eigenvalue weighted by Gasteiger charge is 2.46. The van der Waals surface area contributed by atoms with E-state index < -0.39 is 5.54 Å². The third-order valence-corrected chi connectivity index (χ3v) is 3.66. The lowest BCUT2D eigenvalue weighted by molar-refractivity contribution is -0.131. The molecule has 1 saturated heterocycles. The first-order chi connectivity index (χ1) is 10.00. The lowest BCUT2D eigenvalue weighted by Gasteiger charge is -2.19. The second-order valence-corrected chi connectivity index (χ2v) is 5.16. The maximum atomic E-state index is 12.3. The summed E-state index contributed by atoms with van der Waals surface area (Å²) in [5.74, 6) is 5.17. The van der Waals surface area contributed by atoms with Crippen LogP contribution in [-0.2, 0) is 11.3 Å². The van der Waals surface area contributed by atoms with Crippen LogP contribution in [0.4, 0.5) is 4.79 Å². The van der Waals surface area contributed by atoms with Crippen molar-refractivity contribution in [3.63, 3.8) is 0 Å². The van der Waals surface area contributed by atoms with Gasteiger partial charge in [0, 0.05) is 5.56 Å². The number of amides is 3. The summed E-state index contributed by atoms with van der Waals surface area (Å²) in [5.41, 5.74) is 0.834. The van der Waals surface area contributed by atoms with Crippen molar-refractivity contribution >= 4 is 11.9 Å². The normalized spacial score (nSPS) is 21.0. The molecule has 21 heavy (non-hydrogen) atoms. The van der Waals surface area contributed by atoms with Crippen LogP contribution in [0.25, 0.3) is 0 Å². The quantitative estimate of drug-likeness (QED) is 0.649. The highest BCUT2D eigenvalue weighted by Crippen LogP contribution is 2.22. The lowest BCUT2D eigenvalue weighted by atomic mass is 9.99. The molecule has 1 unspecified atom stereocenters. The molecule has 2 N–H and O–H groups in total. The molecule has 0 radical (unpaired) electrons. The SMILES string of the molecule is CCC1(C)NC(=O)N(Cc2ccc(C#CCO)cc2)C1=O. The predicted octanol–water partition coefficient (Wildman–Crippen LogP) is 1.25. The molecule has 2 rings (SSSR count). The van der Waals surface area contributed by atoms with Crippen LogP contribution in [0.2, 0.25) is 0 Å². The summed E-state index contributed by atoms with van der Waals surface area (Å²) >= 11 is 0. The van der Waals surface area contributed by atoms with Gasteiger partial charge in [0.25, 0.3) is 5.91 Å². The van der Waals surface area contributed by atoms with Gasteiger partial charge in [-0.15, -0.1) is 0 Å². The van der Waals surface area contributed by atoms with Crippen LogP contribution in [0.3, 0.4) is 0 Å². The van der Waals surface area contributed by atoms with Gasteiger partial charge >= 0.3 is 6.03 Å². The van der Waals surface area contributed by atoms with Crippen molar-refractivity contribution in [1.29, 1.82) is 0 Å². The van der Waals surface area contributed by atoms with E-state index in [2.05, 4.69) is 17.2 Å². The van der Waals surface area contributed by atoms with Gasteiger partial charge in [-0.3, -0.25) is 9.69 Å². The third kappa shape index (κ3) is 3.06. The van der Waals surface area contributed by atoms with E-state index in [1.807, 2.05) is 19.1 Å². The molecule has 0 bridgehead atoms. The Bertz CT molecular complexity index is 613. The molecule has 1 atom stereocenters. The number of imide groups is 1. The number of carbonyl (C=O) groups is 2. The maximum Gasteiger partial charge on any atom is 0.325 e. The average Bonchev–Trinajstić information content (AvgIpc) is 2.70. The first-order valence-electron chi connectivity index (χ1n) is 6.83. The molecule has 1 heterocycles. The molecule has 3 amide bonds. The largest absolute Gasteiger partial charge is 0.384 e. The standard InChI is InChI=1S/C16H18N2O3/c1-3-16(2)14(20)18(15(21)17-16)11-13-8-6-12(7-9-13)5-4-10-19/h6-9,19H,3,10-11H2,1-2H3,(H,17,21). The number of rotatable bonds is 3. The van der Waals surface area contributed by atoms with Crippen LogP contribution in [-0.4, -0.2) is 34.1 Å². The molecular weight excluding hydrogens is 268 g/mol. The fraction of sp³-hybridized carbons (Fsp3) is 0.375. The van der Waals surface area contributed by atoms with Crippen LogP contribution < -0.4 is 5.32 Å². The number of aliphatic hydroxyl groups excluding tert-OH is 1. The lowest BCUT2D eigenvalue weighted by Crippen LogP contribution is -2.43. The molecule has 0 saturated carbocycles. The van der Waals surface area contributed by atoms with E-state index in [0.717, 1.165) is 11.1 Å². The van der Waals surface area contributed by atoms with Crippen LogP contribution in [0.1, 0.15) is 31.4 Å². The number of nitrogens with one attached hydrogen (secondary N) is 1. The summed E-state index contributed by atoms with van der Waals surface area (Å²) in [6.45, 7) is 3.67. The maximum absolute atomic E-state index is 12.3. The molecule has 0 aliphatic carbocycles. The molecule has 0 spiro atoms. The molecular formula is C16H18N2O3. The van der Waals surface area contributed by atoms with E-state index in [0.29, 0.717) is 6.42 Å².